The largest absolute Gasteiger partial charge is 0.389 e. The Morgan fingerprint density at radius 1 is 1.10 bits per heavy atom. The van der Waals surface area contributed by atoms with Gasteiger partial charge >= 0.3 is 0 Å². The van der Waals surface area contributed by atoms with Crippen molar-refractivity contribution in [3.05, 3.63) is 35.5 Å². The molecule has 5 aliphatic rings. The summed E-state index contributed by atoms with van der Waals surface area (Å²) in [5.41, 5.74) is 2.97. The first kappa shape index (κ1) is 19.5. The summed E-state index contributed by atoms with van der Waals surface area (Å²) in [5, 5.41) is 20.6. The predicted molar refractivity (Wildman–Crippen MR) is 116 cm³/mol. The van der Waals surface area contributed by atoms with E-state index in [9.17, 15) is 9.90 Å². The summed E-state index contributed by atoms with van der Waals surface area (Å²) in [4.78, 5) is 11.7. The second-order valence-corrected chi connectivity index (χ2v) is 11.1. The number of allylic oxidation sites excluding steroid dienone is 6. The molecule has 0 saturated heterocycles. The van der Waals surface area contributed by atoms with Gasteiger partial charge in [-0.2, -0.15) is 0 Å². The molecule has 3 fully saturated rings. The average Bonchev–Trinajstić information content (AvgIpc) is 2.95. The molecule has 5 rings (SSSR count). The third-order valence-electron chi connectivity index (χ3n) is 9.92. The molecule has 0 aromatic rings. The fraction of sp³-hybridized carbons (Fsp3) is 0.692. The third-order valence-corrected chi connectivity index (χ3v) is 9.92. The topological polar surface area (TPSA) is 61.2 Å². The van der Waals surface area contributed by atoms with Gasteiger partial charge in [0.1, 0.15) is 0 Å². The van der Waals surface area contributed by atoms with Crippen molar-refractivity contribution in [2.45, 2.75) is 77.7 Å². The fourth-order valence-corrected chi connectivity index (χ4v) is 8.23. The minimum Gasteiger partial charge on any atom is -0.389 e. The molecule has 0 radical (unpaired) electrons. The van der Waals surface area contributed by atoms with Gasteiger partial charge in [0.2, 0.25) is 0 Å². The lowest BCUT2D eigenvalue weighted by Crippen LogP contribution is -2.61. The Bertz CT molecular complexity index is 866. The van der Waals surface area contributed by atoms with Crippen molar-refractivity contribution in [1.29, 1.82) is 5.41 Å². The summed E-state index contributed by atoms with van der Waals surface area (Å²) < 4.78 is 0. The lowest BCUT2D eigenvalue weighted by molar-refractivity contribution is -0.180. The number of rotatable bonds is 1. The highest BCUT2D eigenvalue weighted by Crippen LogP contribution is 2.69. The first-order chi connectivity index (χ1) is 13.7. The number of aliphatic hydroxyl groups is 1. The van der Waals surface area contributed by atoms with Crippen LogP contribution in [-0.4, -0.2) is 22.2 Å². The van der Waals surface area contributed by atoms with Gasteiger partial charge in [0, 0.05) is 17.5 Å². The Morgan fingerprint density at radius 3 is 2.62 bits per heavy atom. The number of carbonyl (C=O) groups excluding carboxylic acids is 1. The quantitative estimate of drug-likeness (QED) is 0.626. The SMILES string of the molecule is C[C@@H]1CC2(C)C(=CC1=N)CCC1C2CCC2(C)C(C3=CCC(=O)C=C3)CCC12O. The summed E-state index contributed by atoms with van der Waals surface area (Å²) in [6, 6.07) is 0. The maximum atomic E-state index is 12.3. The van der Waals surface area contributed by atoms with Gasteiger partial charge < -0.3 is 10.5 Å². The van der Waals surface area contributed by atoms with Crippen LogP contribution in [-0.2, 0) is 4.79 Å². The summed E-state index contributed by atoms with van der Waals surface area (Å²) in [5.74, 6) is 1.74. The normalized spacial score (nSPS) is 49.1. The molecule has 6 unspecified atom stereocenters. The molecule has 3 heteroatoms. The highest BCUT2D eigenvalue weighted by molar-refractivity contribution is 5.96. The monoisotopic (exact) mass is 393 g/mol. The minimum atomic E-state index is -0.612. The van der Waals surface area contributed by atoms with Gasteiger partial charge in [-0.05, 0) is 91.8 Å². The van der Waals surface area contributed by atoms with Crippen LogP contribution in [0.25, 0.3) is 0 Å². The summed E-state index contributed by atoms with van der Waals surface area (Å²) in [7, 11) is 0. The van der Waals surface area contributed by atoms with E-state index in [1.165, 1.54) is 17.6 Å². The van der Waals surface area contributed by atoms with Gasteiger partial charge in [-0.3, -0.25) is 4.79 Å². The summed E-state index contributed by atoms with van der Waals surface area (Å²) in [6.45, 7) is 6.95. The minimum absolute atomic E-state index is 0.102. The van der Waals surface area contributed by atoms with Crippen LogP contribution in [0.1, 0.15) is 72.1 Å². The van der Waals surface area contributed by atoms with Crippen LogP contribution < -0.4 is 0 Å². The Hall–Kier alpha value is -1.48. The molecule has 2 N–H and O–H groups in total. The van der Waals surface area contributed by atoms with E-state index in [0.29, 0.717) is 30.1 Å². The van der Waals surface area contributed by atoms with Crippen LogP contribution in [0.3, 0.4) is 0 Å². The van der Waals surface area contributed by atoms with E-state index in [4.69, 9.17) is 5.41 Å². The molecule has 29 heavy (non-hydrogen) atoms. The lowest BCUT2D eigenvalue weighted by Gasteiger charge is -2.62. The highest BCUT2D eigenvalue weighted by atomic mass is 16.3. The Morgan fingerprint density at radius 2 is 1.90 bits per heavy atom. The molecule has 0 aromatic heterocycles. The maximum absolute atomic E-state index is 12.3. The third kappa shape index (κ3) is 2.52. The number of hydrogen-bond donors (Lipinski definition) is 2. The first-order valence-corrected chi connectivity index (χ1v) is 11.6. The van der Waals surface area contributed by atoms with Gasteiger partial charge in [0.05, 0.1) is 5.60 Å². The standard InChI is InChI=1S/C26H35NO2/c1-16-15-24(2)18(14-23(16)27)6-9-22-21(24)10-12-25(3)20(11-13-26(22,25)29)17-4-7-19(28)8-5-17/h4-5,7,14,16,20-22,27,29H,6,8-13,15H2,1-3H3/t16-,20?,21?,22?,24?,25?,26?/m1/s1. The van der Waals surface area contributed by atoms with Crippen LogP contribution in [0.15, 0.2) is 35.5 Å². The molecule has 0 aromatic carbocycles. The van der Waals surface area contributed by atoms with Crippen molar-refractivity contribution in [1.82, 2.24) is 0 Å². The van der Waals surface area contributed by atoms with Crippen LogP contribution in [0, 0.1) is 39.9 Å². The smallest absolute Gasteiger partial charge is 0.159 e. The molecule has 7 atom stereocenters. The zero-order valence-corrected chi connectivity index (χ0v) is 18.1. The average molecular weight is 394 g/mol. The molecule has 156 valence electrons. The van der Waals surface area contributed by atoms with Crippen molar-refractivity contribution in [3.8, 4) is 0 Å². The molecule has 0 amide bonds. The zero-order chi connectivity index (χ0) is 20.6. The van der Waals surface area contributed by atoms with Gasteiger partial charge in [0.15, 0.2) is 5.78 Å². The molecule has 0 spiro atoms. The number of hydrogen-bond acceptors (Lipinski definition) is 3. The van der Waals surface area contributed by atoms with E-state index in [1.807, 2.05) is 6.08 Å². The van der Waals surface area contributed by atoms with Crippen molar-refractivity contribution in [2.24, 2.45) is 34.5 Å². The van der Waals surface area contributed by atoms with Gasteiger partial charge in [-0.15, -0.1) is 0 Å². The van der Waals surface area contributed by atoms with Crippen molar-refractivity contribution >= 4 is 11.5 Å². The summed E-state index contributed by atoms with van der Waals surface area (Å²) in [6.07, 6.45) is 15.9. The molecule has 3 saturated carbocycles. The molecular weight excluding hydrogens is 358 g/mol. The predicted octanol–water partition coefficient (Wildman–Crippen LogP) is 5.40. The van der Waals surface area contributed by atoms with E-state index in [1.54, 1.807) is 6.08 Å². The van der Waals surface area contributed by atoms with E-state index >= 15 is 0 Å². The number of fused-ring (bicyclic) bond motifs is 5. The van der Waals surface area contributed by atoms with E-state index in [2.05, 4.69) is 32.9 Å². The molecular formula is C26H35NO2. The molecule has 5 aliphatic carbocycles. The summed E-state index contributed by atoms with van der Waals surface area (Å²) >= 11 is 0. The van der Waals surface area contributed by atoms with E-state index < -0.39 is 5.60 Å². The van der Waals surface area contributed by atoms with Crippen LogP contribution in [0.4, 0.5) is 0 Å². The van der Waals surface area contributed by atoms with E-state index in [-0.39, 0.29) is 16.6 Å². The maximum Gasteiger partial charge on any atom is 0.159 e. The van der Waals surface area contributed by atoms with Gasteiger partial charge in [0.25, 0.3) is 0 Å². The number of carbonyl (C=O) groups is 1. The van der Waals surface area contributed by atoms with Crippen LogP contribution in [0.5, 0.6) is 0 Å². The van der Waals surface area contributed by atoms with Gasteiger partial charge in [-0.25, -0.2) is 0 Å². The van der Waals surface area contributed by atoms with Crippen molar-refractivity contribution in [3.63, 3.8) is 0 Å². The van der Waals surface area contributed by atoms with Gasteiger partial charge in [-0.1, -0.05) is 38.5 Å². The number of nitrogens with one attached hydrogen (secondary N) is 1. The van der Waals surface area contributed by atoms with Crippen LogP contribution in [0.2, 0.25) is 0 Å². The molecule has 0 aliphatic heterocycles. The molecule has 0 heterocycles. The van der Waals surface area contributed by atoms with Crippen LogP contribution >= 0.6 is 0 Å². The second-order valence-electron chi connectivity index (χ2n) is 11.1. The second kappa shape index (κ2) is 6.26. The Labute approximate surface area is 174 Å². The zero-order valence-electron chi connectivity index (χ0n) is 18.1. The molecule has 3 nitrogen and oxygen atoms in total. The lowest BCUT2D eigenvalue weighted by atomic mass is 9.44. The van der Waals surface area contributed by atoms with E-state index in [0.717, 1.165) is 44.2 Å². The number of ketones is 1. The Kier molecular flexibility index (Phi) is 4.21. The highest BCUT2D eigenvalue weighted by Gasteiger charge is 2.66. The Balaban J connectivity index is 1.49. The fourth-order valence-electron chi connectivity index (χ4n) is 8.23. The molecule has 0 bridgehead atoms. The first-order valence-electron chi connectivity index (χ1n) is 11.6. The van der Waals surface area contributed by atoms with Crippen molar-refractivity contribution < 1.29 is 9.90 Å². The van der Waals surface area contributed by atoms with Crippen molar-refractivity contribution in [2.75, 3.05) is 0 Å².